The lowest BCUT2D eigenvalue weighted by Gasteiger charge is -1.98. The lowest BCUT2D eigenvalue weighted by molar-refractivity contribution is 0.492. The first-order chi connectivity index (χ1) is 4.29. The van der Waals surface area contributed by atoms with Crippen LogP contribution in [-0.2, 0) is 6.42 Å². The van der Waals surface area contributed by atoms with Gasteiger partial charge in [0.25, 0.3) is 0 Å². The van der Waals surface area contributed by atoms with Crippen LogP contribution in [0.25, 0.3) is 0 Å². The summed E-state index contributed by atoms with van der Waals surface area (Å²) >= 11 is 0. The van der Waals surface area contributed by atoms with Gasteiger partial charge in [-0.2, -0.15) is 0 Å². The molecule has 0 saturated carbocycles. The van der Waals surface area contributed by atoms with Crippen LogP contribution in [0, 0.1) is 0 Å². The van der Waals surface area contributed by atoms with Crippen LogP contribution in [0.5, 0.6) is 0 Å². The maximum Gasteiger partial charge on any atom is 0.105 e. The first-order valence-corrected chi connectivity index (χ1v) is 3.07. The molecule has 0 radical (unpaired) electrons. The minimum Gasteiger partial charge on any atom is -0.469 e. The molecule has 50 valence electrons. The van der Waals surface area contributed by atoms with E-state index in [-0.39, 0.29) is 6.04 Å². The van der Waals surface area contributed by atoms with Crippen molar-refractivity contribution in [1.29, 1.82) is 0 Å². The third-order valence-electron chi connectivity index (χ3n) is 1.10. The summed E-state index contributed by atoms with van der Waals surface area (Å²) in [6.07, 6.45) is 2.49. The fourth-order valence-corrected chi connectivity index (χ4v) is 0.746. The number of hydrogen-bond acceptors (Lipinski definition) is 2. The van der Waals surface area contributed by atoms with E-state index in [1.54, 1.807) is 6.26 Å². The molecule has 2 heteroatoms. The highest BCUT2D eigenvalue weighted by Gasteiger charge is 1.97. The molecule has 0 aliphatic rings. The smallest absolute Gasteiger partial charge is 0.105 e. The van der Waals surface area contributed by atoms with Crippen LogP contribution >= 0.6 is 0 Å². The monoisotopic (exact) mass is 125 g/mol. The van der Waals surface area contributed by atoms with Gasteiger partial charge in [0.05, 0.1) is 6.26 Å². The highest BCUT2D eigenvalue weighted by molar-refractivity contribution is 4.99. The molecule has 2 N–H and O–H groups in total. The summed E-state index contributed by atoms with van der Waals surface area (Å²) in [5.41, 5.74) is 5.52. The van der Waals surface area contributed by atoms with Crippen molar-refractivity contribution in [3.63, 3.8) is 0 Å². The van der Waals surface area contributed by atoms with Gasteiger partial charge in [-0.05, 0) is 19.1 Å². The number of nitrogens with two attached hydrogens (primary N) is 1. The maximum atomic E-state index is 5.52. The molecule has 0 bridgehead atoms. The minimum absolute atomic E-state index is 0.191. The van der Waals surface area contributed by atoms with E-state index in [1.165, 1.54) is 0 Å². The van der Waals surface area contributed by atoms with Crippen LogP contribution in [0.15, 0.2) is 22.8 Å². The normalized spacial score (nSPS) is 13.6. The van der Waals surface area contributed by atoms with Crippen molar-refractivity contribution in [2.45, 2.75) is 19.4 Å². The van der Waals surface area contributed by atoms with Gasteiger partial charge in [-0.3, -0.25) is 0 Å². The van der Waals surface area contributed by atoms with E-state index in [4.69, 9.17) is 10.2 Å². The zero-order chi connectivity index (χ0) is 6.69. The maximum absolute atomic E-state index is 5.52. The van der Waals surface area contributed by atoms with Crippen molar-refractivity contribution in [2.24, 2.45) is 5.73 Å². The van der Waals surface area contributed by atoms with E-state index < -0.39 is 0 Å². The van der Waals surface area contributed by atoms with Gasteiger partial charge >= 0.3 is 0 Å². The SMILES string of the molecule is C[C@H](N)Cc1ccco1. The lowest BCUT2D eigenvalue weighted by atomic mass is 10.2. The van der Waals surface area contributed by atoms with Gasteiger partial charge in [0.1, 0.15) is 5.76 Å². The zero-order valence-electron chi connectivity index (χ0n) is 5.50. The van der Waals surface area contributed by atoms with Gasteiger partial charge in [0.2, 0.25) is 0 Å². The summed E-state index contributed by atoms with van der Waals surface area (Å²) in [7, 11) is 0. The van der Waals surface area contributed by atoms with Gasteiger partial charge in [0, 0.05) is 12.5 Å². The summed E-state index contributed by atoms with van der Waals surface area (Å²) < 4.78 is 5.06. The molecule has 2 nitrogen and oxygen atoms in total. The quantitative estimate of drug-likeness (QED) is 0.644. The zero-order valence-corrected chi connectivity index (χ0v) is 5.50. The van der Waals surface area contributed by atoms with Gasteiger partial charge in [-0.1, -0.05) is 0 Å². The highest BCUT2D eigenvalue weighted by Crippen LogP contribution is 2.01. The molecule has 1 heterocycles. The van der Waals surface area contributed by atoms with Gasteiger partial charge in [0.15, 0.2) is 0 Å². The molecular weight excluding hydrogens is 114 g/mol. The molecule has 9 heavy (non-hydrogen) atoms. The second-order valence-corrected chi connectivity index (χ2v) is 2.26. The van der Waals surface area contributed by atoms with Crippen LogP contribution in [0.2, 0.25) is 0 Å². The standard InChI is InChI=1S/C7H11NO/c1-6(8)5-7-3-2-4-9-7/h2-4,6H,5,8H2,1H3/t6-/m0/s1. The Bertz CT molecular complexity index is 155. The molecule has 0 aliphatic carbocycles. The van der Waals surface area contributed by atoms with E-state index in [0.717, 1.165) is 12.2 Å². The van der Waals surface area contributed by atoms with E-state index in [1.807, 2.05) is 19.1 Å². The summed E-state index contributed by atoms with van der Waals surface area (Å²) in [6.45, 7) is 1.96. The molecule has 0 fully saturated rings. The molecular formula is C7H11NO. The first kappa shape index (κ1) is 6.36. The Balaban J connectivity index is 2.48. The van der Waals surface area contributed by atoms with Crippen molar-refractivity contribution in [3.05, 3.63) is 24.2 Å². The molecule has 1 atom stereocenters. The van der Waals surface area contributed by atoms with Crippen LogP contribution in [0.3, 0.4) is 0 Å². The summed E-state index contributed by atoms with van der Waals surface area (Å²) in [6, 6.07) is 4.00. The largest absolute Gasteiger partial charge is 0.469 e. The predicted molar refractivity (Wildman–Crippen MR) is 36.1 cm³/mol. The van der Waals surface area contributed by atoms with Gasteiger partial charge in [-0.25, -0.2) is 0 Å². The molecule has 0 amide bonds. The molecule has 1 aromatic heterocycles. The summed E-state index contributed by atoms with van der Waals surface area (Å²) in [5, 5.41) is 0. The third-order valence-corrected chi connectivity index (χ3v) is 1.10. The van der Waals surface area contributed by atoms with E-state index in [9.17, 15) is 0 Å². The van der Waals surface area contributed by atoms with Crippen molar-refractivity contribution >= 4 is 0 Å². The van der Waals surface area contributed by atoms with Gasteiger partial charge < -0.3 is 10.2 Å². The molecule has 0 aromatic carbocycles. The molecule has 0 aliphatic heterocycles. The lowest BCUT2D eigenvalue weighted by Crippen LogP contribution is -2.17. The Morgan fingerprint density at radius 2 is 2.56 bits per heavy atom. The fourth-order valence-electron chi connectivity index (χ4n) is 0.746. The van der Waals surface area contributed by atoms with Crippen LogP contribution in [0.1, 0.15) is 12.7 Å². The Morgan fingerprint density at radius 3 is 3.00 bits per heavy atom. The van der Waals surface area contributed by atoms with Crippen molar-refractivity contribution in [3.8, 4) is 0 Å². The van der Waals surface area contributed by atoms with Crippen LogP contribution in [0.4, 0.5) is 0 Å². The Morgan fingerprint density at radius 1 is 1.78 bits per heavy atom. The topological polar surface area (TPSA) is 39.2 Å². The average Bonchev–Trinajstić information content (AvgIpc) is 2.15. The average molecular weight is 125 g/mol. The molecule has 0 unspecified atom stereocenters. The number of rotatable bonds is 2. The van der Waals surface area contributed by atoms with Crippen molar-refractivity contribution in [2.75, 3.05) is 0 Å². The molecule has 1 rings (SSSR count). The van der Waals surface area contributed by atoms with Crippen molar-refractivity contribution in [1.82, 2.24) is 0 Å². The van der Waals surface area contributed by atoms with E-state index >= 15 is 0 Å². The van der Waals surface area contributed by atoms with E-state index in [0.29, 0.717) is 0 Å². The third kappa shape index (κ3) is 1.90. The van der Waals surface area contributed by atoms with Crippen LogP contribution in [-0.4, -0.2) is 6.04 Å². The Kier molecular flexibility index (Phi) is 1.90. The van der Waals surface area contributed by atoms with Crippen molar-refractivity contribution < 1.29 is 4.42 Å². The first-order valence-electron chi connectivity index (χ1n) is 3.07. The minimum atomic E-state index is 0.191. The summed E-state index contributed by atoms with van der Waals surface area (Å²) in [5.74, 6) is 0.963. The Labute approximate surface area is 54.7 Å². The molecule has 0 spiro atoms. The van der Waals surface area contributed by atoms with E-state index in [2.05, 4.69) is 0 Å². The molecule has 0 saturated heterocycles. The summed E-state index contributed by atoms with van der Waals surface area (Å²) in [4.78, 5) is 0. The van der Waals surface area contributed by atoms with Crippen LogP contribution < -0.4 is 5.73 Å². The number of hydrogen-bond donors (Lipinski definition) is 1. The highest BCUT2D eigenvalue weighted by atomic mass is 16.3. The fraction of sp³-hybridized carbons (Fsp3) is 0.429. The number of furan rings is 1. The molecule has 1 aromatic rings. The second-order valence-electron chi connectivity index (χ2n) is 2.26. The Hall–Kier alpha value is -0.760. The van der Waals surface area contributed by atoms with Gasteiger partial charge in [-0.15, -0.1) is 0 Å². The second kappa shape index (κ2) is 2.69. The predicted octanol–water partition coefficient (Wildman–Crippen LogP) is 1.17.